The quantitative estimate of drug-likeness (QED) is 0.578. The Balaban J connectivity index is 1.43. The summed E-state index contributed by atoms with van der Waals surface area (Å²) in [4.78, 5) is 27.0. The van der Waals surface area contributed by atoms with Gasteiger partial charge in [0.2, 0.25) is 11.9 Å². The first-order valence-electron chi connectivity index (χ1n) is 11.7. The lowest BCUT2D eigenvalue weighted by Crippen LogP contribution is -2.33. The van der Waals surface area contributed by atoms with E-state index in [0.717, 1.165) is 66.7 Å². The van der Waals surface area contributed by atoms with Crippen LogP contribution in [-0.4, -0.2) is 57.3 Å². The molecule has 0 unspecified atom stereocenters. The van der Waals surface area contributed by atoms with E-state index in [1.54, 1.807) is 7.11 Å². The van der Waals surface area contributed by atoms with Crippen molar-refractivity contribution in [1.82, 2.24) is 24.6 Å². The Morgan fingerprint density at radius 3 is 2.76 bits per heavy atom. The number of anilines is 1. The van der Waals surface area contributed by atoms with Gasteiger partial charge in [-0.1, -0.05) is 18.2 Å². The minimum Gasteiger partial charge on any atom is -0.496 e. The lowest BCUT2D eigenvalue weighted by atomic mass is 10.0. The summed E-state index contributed by atoms with van der Waals surface area (Å²) in [5, 5.41) is 4.55. The van der Waals surface area contributed by atoms with Crippen molar-refractivity contribution in [2.45, 2.75) is 38.1 Å². The molecule has 2 saturated heterocycles. The Morgan fingerprint density at radius 1 is 1.12 bits per heavy atom. The number of aryl methyl sites for hydroxylation is 1. The van der Waals surface area contributed by atoms with Crippen LogP contribution in [0, 0.1) is 0 Å². The topological polar surface area (TPSA) is 76.4 Å². The molecule has 2 aromatic heterocycles. The fourth-order valence-electron chi connectivity index (χ4n) is 5.07. The third kappa shape index (κ3) is 4.17. The Morgan fingerprint density at radius 2 is 1.94 bits per heavy atom. The van der Waals surface area contributed by atoms with Crippen molar-refractivity contribution in [1.29, 1.82) is 0 Å². The normalized spacial score (nSPS) is 18.2. The van der Waals surface area contributed by atoms with Crippen molar-refractivity contribution in [2.24, 2.45) is 7.05 Å². The second-order valence-corrected chi connectivity index (χ2v) is 8.74. The van der Waals surface area contributed by atoms with E-state index in [1.165, 1.54) is 12.8 Å². The van der Waals surface area contributed by atoms with Crippen LogP contribution in [0.4, 0.5) is 5.95 Å². The van der Waals surface area contributed by atoms with Gasteiger partial charge in [0, 0.05) is 44.0 Å². The number of hydrogen-bond acceptors (Lipinski definition) is 6. The van der Waals surface area contributed by atoms with Crippen molar-refractivity contribution in [3.63, 3.8) is 0 Å². The van der Waals surface area contributed by atoms with Crippen LogP contribution in [-0.2, 0) is 18.3 Å². The molecule has 1 atom stereocenters. The molecule has 2 aliphatic heterocycles. The van der Waals surface area contributed by atoms with Gasteiger partial charge < -0.3 is 14.5 Å². The first-order valence-corrected chi connectivity index (χ1v) is 11.7. The number of amides is 1. The molecule has 2 aliphatic rings. The van der Waals surface area contributed by atoms with E-state index in [0.29, 0.717) is 6.42 Å². The zero-order chi connectivity index (χ0) is 22.8. The number of hydrogen-bond donors (Lipinski definition) is 0. The minimum absolute atomic E-state index is 0.0279. The van der Waals surface area contributed by atoms with Crippen molar-refractivity contribution in [3.8, 4) is 17.0 Å². The summed E-state index contributed by atoms with van der Waals surface area (Å²) < 4.78 is 7.35. The molecule has 2 fully saturated rings. The molecule has 0 spiro atoms. The van der Waals surface area contributed by atoms with E-state index in [2.05, 4.69) is 15.0 Å². The summed E-state index contributed by atoms with van der Waals surface area (Å²) in [7, 11) is 3.59. The van der Waals surface area contributed by atoms with Gasteiger partial charge in [0.25, 0.3) is 0 Å². The fourth-order valence-corrected chi connectivity index (χ4v) is 5.07. The highest BCUT2D eigenvalue weighted by Gasteiger charge is 2.34. The first kappa shape index (κ1) is 21.4. The molecule has 33 heavy (non-hydrogen) atoms. The molecular weight excluding hydrogens is 416 g/mol. The molecular formula is C25H30N6O2. The Kier molecular flexibility index (Phi) is 5.98. The predicted molar refractivity (Wildman–Crippen MR) is 126 cm³/mol. The molecule has 5 rings (SSSR count). The summed E-state index contributed by atoms with van der Waals surface area (Å²) in [6.07, 6.45) is 8.25. The van der Waals surface area contributed by atoms with E-state index in [9.17, 15) is 4.79 Å². The molecule has 4 heterocycles. The predicted octanol–water partition coefficient (Wildman–Crippen LogP) is 3.39. The third-order valence-corrected chi connectivity index (χ3v) is 6.72. The minimum atomic E-state index is -0.0279. The molecule has 0 bridgehead atoms. The highest BCUT2D eigenvalue weighted by molar-refractivity contribution is 5.80. The van der Waals surface area contributed by atoms with Gasteiger partial charge in [-0.3, -0.25) is 9.48 Å². The molecule has 0 saturated carbocycles. The third-order valence-electron chi connectivity index (χ3n) is 6.72. The van der Waals surface area contributed by atoms with Crippen LogP contribution in [0.1, 0.15) is 43.0 Å². The molecule has 8 nitrogen and oxygen atoms in total. The van der Waals surface area contributed by atoms with E-state index in [-0.39, 0.29) is 11.9 Å². The van der Waals surface area contributed by atoms with Crippen LogP contribution >= 0.6 is 0 Å². The van der Waals surface area contributed by atoms with Gasteiger partial charge >= 0.3 is 0 Å². The molecule has 1 aromatic carbocycles. The second-order valence-electron chi connectivity index (χ2n) is 8.74. The molecule has 0 N–H and O–H groups in total. The number of carbonyl (C=O) groups excluding carboxylic acids is 1. The van der Waals surface area contributed by atoms with Gasteiger partial charge in [-0.05, 0) is 37.8 Å². The molecule has 0 aliphatic carbocycles. The highest BCUT2D eigenvalue weighted by atomic mass is 16.5. The lowest BCUT2D eigenvalue weighted by molar-refractivity contribution is -0.131. The van der Waals surface area contributed by atoms with E-state index < -0.39 is 0 Å². The van der Waals surface area contributed by atoms with Crippen LogP contribution < -0.4 is 9.64 Å². The number of likely N-dealkylation sites (tertiary alicyclic amines) is 1. The smallest absolute Gasteiger partial charge is 0.227 e. The maximum absolute atomic E-state index is 13.4. The maximum atomic E-state index is 13.4. The number of ether oxygens (including phenoxy) is 1. The Bertz CT molecular complexity index is 1140. The van der Waals surface area contributed by atoms with E-state index in [1.807, 2.05) is 59.4 Å². The average molecular weight is 447 g/mol. The molecule has 3 aromatic rings. The number of methoxy groups -OCH3 is 1. The van der Waals surface area contributed by atoms with Gasteiger partial charge in [-0.2, -0.15) is 5.10 Å². The molecule has 0 radical (unpaired) electrons. The zero-order valence-electron chi connectivity index (χ0n) is 19.3. The maximum Gasteiger partial charge on any atom is 0.227 e. The van der Waals surface area contributed by atoms with Crippen molar-refractivity contribution in [3.05, 3.63) is 54.0 Å². The SMILES string of the molecule is COc1ccccc1CC(=O)N1CCC[C@@H]1c1c(-c2ccnc(N3CCCC3)n2)cnn1C. The van der Waals surface area contributed by atoms with Gasteiger partial charge in [-0.15, -0.1) is 0 Å². The number of carbonyl (C=O) groups is 1. The molecule has 172 valence electrons. The zero-order valence-corrected chi connectivity index (χ0v) is 19.3. The Labute approximate surface area is 194 Å². The number of rotatable bonds is 6. The highest BCUT2D eigenvalue weighted by Crippen LogP contribution is 2.38. The van der Waals surface area contributed by atoms with Crippen LogP contribution in [0.15, 0.2) is 42.7 Å². The lowest BCUT2D eigenvalue weighted by Gasteiger charge is -2.26. The molecule has 8 heteroatoms. The number of para-hydroxylation sites is 1. The standard InChI is InChI=1S/C25H30N6O2/c1-29-24(19(17-27-29)20-11-12-26-25(28-20)30-13-5-6-14-30)21-9-7-15-31(21)23(32)16-18-8-3-4-10-22(18)33-2/h3-4,8,10-12,17,21H,5-7,9,13-16H2,1-2H3/t21-/m1/s1. The van der Waals surface area contributed by atoms with Crippen molar-refractivity contribution >= 4 is 11.9 Å². The summed E-state index contributed by atoms with van der Waals surface area (Å²) in [5.74, 6) is 1.63. The van der Waals surface area contributed by atoms with Crippen molar-refractivity contribution < 1.29 is 9.53 Å². The summed E-state index contributed by atoms with van der Waals surface area (Å²) >= 11 is 0. The van der Waals surface area contributed by atoms with Crippen LogP contribution in [0.5, 0.6) is 5.75 Å². The van der Waals surface area contributed by atoms with E-state index in [4.69, 9.17) is 9.72 Å². The summed E-state index contributed by atoms with van der Waals surface area (Å²) in [6, 6.07) is 9.63. The summed E-state index contributed by atoms with van der Waals surface area (Å²) in [6.45, 7) is 2.74. The fraction of sp³-hybridized carbons (Fsp3) is 0.440. The number of benzene rings is 1. The van der Waals surface area contributed by atoms with Crippen LogP contribution in [0.2, 0.25) is 0 Å². The molecule has 1 amide bonds. The van der Waals surface area contributed by atoms with Gasteiger partial charge in [0.1, 0.15) is 5.75 Å². The first-order chi connectivity index (χ1) is 16.2. The van der Waals surface area contributed by atoms with Crippen molar-refractivity contribution in [2.75, 3.05) is 31.6 Å². The largest absolute Gasteiger partial charge is 0.496 e. The Hall–Kier alpha value is -3.42. The monoisotopic (exact) mass is 446 g/mol. The van der Waals surface area contributed by atoms with Crippen LogP contribution in [0.25, 0.3) is 11.3 Å². The van der Waals surface area contributed by atoms with Gasteiger partial charge in [-0.25, -0.2) is 9.97 Å². The number of aromatic nitrogens is 4. The average Bonchev–Trinajstić information content (AvgIpc) is 3.60. The second kappa shape index (κ2) is 9.21. The van der Waals surface area contributed by atoms with Gasteiger partial charge in [0.15, 0.2) is 0 Å². The van der Waals surface area contributed by atoms with Crippen LogP contribution in [0.3, 0.4) is 0 Å². The van der Waals surface area contributed by atoms with Gasteiger partial charge in [0.05, 0.1) is 37.2 Å². The summed E-state index contributed by atoms with van der Waals surface area (Å²) in [5.41, 5.74) is 3.78. The number of nitrogens with zero attached hydrogens (tertiary/aromatic N) is 6. The van der Waals surface area contributed by atoms with E-state index >= 15 is 0 Å².